The van der Waals surface area contributed by atoms with Crippen LogP contribution in [0.25, 0.3) is 21.6 Å². The molecule has 2 heterocycles. The van der Waals surface area contributed by atoms with Crippen molar-refractivity contribution >= 4 is 33.3 Å². The Morgan fingerprint density at radius 3 is 2.52 bits per heavy atom. The average Bonchev–Trinajstić information content (AvgIpc) is 3.07. The lowest BCUT2D eigenvalue weighted by Crippen LogP contribution is -2.03. The monoisotopic (exact) mass is 375 g/mol. The number of aryl methyl sites for hydroxylation is 1. The van der Waals surface area contributed by atoms with Crippen LogP contribution in [-0.4, -0.2) is 21.0 Å². The highest BCUT2D eigenvalue weighted by Gasteiger charge is 2.12. The molecule has 0 saturated carbocycles. The summed E-state index contributed by atoms with van der Waals surface area (Å²) in [6, 6.07) is 18.9. The van der Waals surface area contributed by atoms with E-state index in [1.54, 1.807) is 35.6 Å². The molecule has 0 fully saturated rings. The van der Waals surface area contributed by atoms with Crippen LogP contribution in [0.5, 0.6) is 0 Å². The van der Waals surface area contributed by atoms with Crippen LogP contribution in [0.15, 0.2) is 60.7 Å². The van der Waals surface area contributed by atoms with E-state index in [1.165, 1.54) is 10.4 Å². The third-order valence-corrected chi connectivity index (χ3v) is 5.15. The molecule has 5 nitrogen and oxygen atoms in total. The first kappa shape index (κ1) is 17.2. The Hall–Kier alpha value is -3.25. The lowest BCUT2D eigenvalue weighted by molar-refractivity contribution is 0.0697. The minimum Gasteiger partial charge on any atom is -0.478 e. The number of aromatic carboxylic acids is 1. The summed E-state index contributed by atoms with van der Waals surface area (Å²) in [6.07, 6.45) is 0. The van der Waals surface area contributed by atoms with E-state index in [1.807, 2.05) is 18.2 Å². The van der Waals surface area contributed by atoms with Crippen molar-refractivity contribution in [2.75, 3.05) is 5.32 Å². The van der Waals surface area contributed by atoms with Crippen molar-refractivity contribution in [3.8, 4) is 11.4 Å². The van der Waals surface area contributed by atoms with E-state index in [-0.39, 0.29) is 5.56 Å². The van der Waals surface area contributed by atoms with Gasteiger partial charge in [-0.1, -0.05) is 42.5 Å². The van der Waals surface area contributed by atoms with Gasteiger partial charge in [0.25, 0.3) is 0 Å². The van der Waals surface area contributed by atoms with E-state index in [0.717, 1.165) is 21.6 Å². The molecule has 4 rings (SSSR count). The van der Waals surface area contributed by atoms with Gasteiger partial charge in [-0.2, -0.15) is 0 Å². The zero-order valence-electron chi connectivity index (χ0n) is 14.6. The summed E-state index contributed by atoms with van der Waals surface area (Å²) in [5.41, 5.74) is 2.20. The summed E-state index contributed by atoms with van der Waals surface area (Å²) < 4.78 is 0. The number of nitrogens with zero attached hydrogens (tertiary/aromatic N) is 2. The predicted octanol–water partition coefficient (Wildman–Crippen LogP) is 4.98. The van der Waals surface area contributed by atoms with E-state index in [9.17, 15) is 4.79 Å². The molecule has 0 radical (unpaired) electrons. The molecule has 0 atom stereocenters. The van der Waals surface area contributed by atoms with Crippen LogP contribution in [-0.2, 0) is 6.54 Å². The fourth-order valence-corrected chi connectivity index (χ4v) is 3.73. The van der Waals surface area contributed by atoms with E-state index in [4.69, 9.17) is 10.1 Å². The van der Waals surface area contributed by atoms with Gasteiger partial charge in [-0.15, -0.1) is 11.3 Å². The topological polar surface area (TPSA) is 75.1 Å². The molecule has 0 amide bonds. The van der Waals surface area contributed by atoms with Crippen LogP contribution in [0.3, 0.4) is 0 Å². The molecule has 0 aliphatic rings. The number of carbonyl (C=O) groups is 1. The number of fused-ring (bicyclic) bond motifs is 1. The van der Waals surface area contributed by atoms with Crippen molar-refractivity contribution < 1.29 is 9.90 Å². The van der Waals surface area contributed by atoms with E-state index in [2.05, 4.69) is 35.4 Å². The van der Waals surface area contributed by atoms with Gasteiger partial charge in [-0.05, 0) is 30.7 Å². The maximum Gasteiger partial charge on any atom is 0.335 e. The molecule has 0 spiro atoms. The number of thiophene rings is 1. The zero-order valence-corrected chi connectivity index (χ0v) is 15.5. The number of hydrogen-bond donors (Lipinski definition) is 2. The van der Waals surface area contributed by atoms with Gasteiger partial charge in [0.1, 0.15) is 10.6 Å². The molecule has 6 heteroatoms. The second kappa shape index (κ2) is 7.17. The number of carboxylic acids is 1. The highest BCUT2D eigenvalue weighted by atomic mass is 32.1. The van der Waals surface area contributed by atoms with E-state index in [0.29, 0.717) is 12.4 Å². The smallest absolute Gasteiger partial charge is 0.335 e. The average molecular weight is 375 g/mol. The van der Waals surface area contributed by atoms with Crippen LogP contribution >= 0.6 is 11.3 Å². The van der Waals surface area contributed by atoms with Gasteiger partial charge in [0.15, 0.2) is 5.82 Å². The highest BCUT2D eigenvalue weighted by molar-refractivity contribution is 7.18. The summed E-state index contributed by atoms with van der Waals surface area (Å²) in [5.74, 6) is 0.416. The molecule has 0 unspecified atom stereocenters. The number of anilines is 1. The van der Waals surface area contributed by atoms with Crippen molar-refractivity contribution in [1.29, 1.82) is 0 Å². The maximum atomic E-state index is 11.1. The first-order valence-electron chi connectivity index (χ1n) is 8.50. The number of aromatic nitrogens is 2. The Labute approximate surface area is 160 Å². The van der Waals surface area contributed by atoms with E-state index < -0.39 is 5.97 Å². The number of carboxylic acid groups (broad SMARTS) is 1. The van der Waals surface area contributed by atoms with E-state index >= 15 is 0 Å². The van der Waals surface area contributed by atoms with Crippen LogP contribution in [0.1, 0.15) is 20.8 Å². The molecule has 27 heavy (non-hydrogen) atoms. The Balaban J connectivity index is 1.72. The van der Waals surface area contributed by atoms with Gasteiger partial charge in [-0.3, -0.25) is 0 Å². The highest BCUT2D eigenvalue weighted by Crippen LogP contribution is 2.31. The van der Waals surface area contributed by atoms with Crippen LogP contribution in [0, 0.1) is 6.92 Å². The van der Waals surface area contributed by atoms with Gasteiger partial charge < -0.3 is 10.4 Å². The van der Waals surface area contributed by atoms with Crippen molar-refractivity contribution in [2.24, 2.45) is 0 Å². The van der Waals surface area contributed by atoms with Crippen molar-refractivity contribution in [2.45, 2.75) is 13.5 Å². The molecule has 2 N–H and O–H groups in total. The zero-order chi connectivity index (χ0) is 18.8. The Morgan fingerprint density at radius 1 is 1.07 bits per heavy atom. The summed E-state index contributed by atoms with van der Waals surface area (Å²) >= 11 is 1.62. The molecule has 134 valence electrons. The Kier molecular flexibility index (Phi) is 4.56. The third kappa shape index (κ3) is 3.66. The Bertz CT molecular complexity index is 1110. The molecular weight excluding hydrogens is 358 g/mol. The number of hydrogen-bond acceptors (Lipinski definition) is 5. The van der Waals surface area contributed by atoms with Crippen molar-refractivity contribution in [3.63, 3.8) is 0 Å². The minimum absolute atomic E-state index is 0.245. The number of rotatable bonds is 5. The maximum absolute atomic E-state index is 11.1. The molecule has 0 bridgehead atoms. The van der Waals surface area contributed by atoms with Crippen LogP contribution in [0.4, 0.5) is 5.82 Å². The number of benzene rings is 2. The largest absolute Gasteiger partial charge is 0.478 e. The molecule has 0 saturated heterocycles. The second-order valence-corrected chi connectivity index (χ2v) is 7.43. The molecule has 0 aliphatic heterocycles. The molecule has 4 aromatic rings. The molecule has 2 aromatic heterocycles. The predicted molar refractivity (Wildman–Crippen MR) is 108 cm³/mol. The normalized spacial score (nSPS) is 10.9. The lowest BCUT2D eigenvalue weighted by Gasteiger charge is -2.09. The molecule has 2 aromatic carbocycles. The SMILES string of the molecule is Cc1cc2c(NCc3ccccc3)nc(-c3ccc(C(=O)O)cc3)nc2s1. The summed E-state index contributed by atoms with van der Waals surface area (Å²) in [4.78, 5) is 22.5. The minimum atomic E-state index is -0.947. The van der Waals surface area contributed by atoms with Gasteiger partial charge in [-0.25, -0.2) is 14.8 Å². The molecular formula is C21H17N3O2S. The summed E-state index contributed by atoms with van der Waals surface area (Å²) in [5, 5.41) is 13.5. The van der Waals surface area contributed by atoms with Gasteiger partial charge >= 0.3 is 5.97 Å². The fourth-order valence-electron chi connectivity index (χ4n) is 2.85. The summed E-state index contributed by atoms with van der Waals surface area (Å²) in [7, 11) is 0. The fraction of sp³-hybridized carbons (Fsp3) is 0.0952. The van der Waals surface area contributed by atoms with Gasteiger partial charge in [0, 0.05) is 17.0 Å². The van der Waals surface area contributed by atoms with Crippen molar-refractivity contribution in [3.05, 3.63) is 76.7 Å². The first-order valence-corrected chi connectivity index (χ1v) is 9.31. The van der Waals surface area contributed by atoms with Crippen LogP contribution in [0.2, 0.25) is 0 Å². The standard InChI is InChI=1S/C21H17N3O2S/c1-13-11-17-19(22-12-14-5-3-2-4-6-14)23-18(24-20(17)27-13)15-7-9-16(10-8-15)21(25)26/h2-11H,12H2,1H3,(H,25,26)(H,22,23,24). The van der Waals surface area contributed by atoms with Crippen LogP contribution < -0.4 is 5.32 Å². The lowest BCUT2D eigenvalue weighted by atomic mass is 10.1. The van der Waals surface area contributed by atoms with Gasteiger partial charge in [0.2, 0.25) is 0 Å². The number of nitrogens with one attached hydrogen (secondary N) is 1. The quantitative estimate of drug-likeness (QED) is 0.515. The molecule has 0 aliphatic carbocycles. The van der Waals surface area contributed by atoms with Gasteiger partial charge in [0.05, 0.1) is 10.9 Å². The first-order chi connectivity index (χ1) is 13.1. The second-order valence-electron chi connectivity index (χ2n) is 6.19. The summed E-state index contributed by atoms with van der Waals surface area (Å²) in [6.45, 7) is 2.72. The van der Waals surface area contributed by atoms with Crippen molar-refractivity contribution in [1.82, 2.24) is 9.97 Å². The Morgan fingerprint density at radius 2 is 1.81 bits per heavy atom. The third-order valence-electron chi connectivity index (χ3n) is 4.21.